The van der Waals surface area contributed by atoms with Crippen LogP contribution >= 0.6 is 0 Å². The smallest absolute Gasteiger partial charge is 0.263 e. The number of oxazole rings is 1. The number of furan rings is 1. The molecule has 0 radical (unpaired) electrons. The number of nitrogens with one attached hydrogen (secondary N) is 2. The molecule has 2 aromatic rings. The molecule has 0 aromatic carbocycles. The molecule has 3 heterocycles. The van der Waals surface area contributed by atoms with Crippen LogP contribution in [0.4, 0.5) is 0 Å². The molecule has 1 fully saturated rings. The van der Waals surface area contributed by atoms with Crippen molar-refractivity contribution in [3.8, 4) is 11.7 Å². The lowest BCUT2D eigenvalue weighted by molar-refractivity contribution is -0.120. The molecule has 2 aromatic heterocycles. The van der Waals surface area contributed by atoms with Crippen LogP contribution < -0.4 is 10.6 Å². The lowest BCUT2D eigenvalue weighted by atomic mass is 10.0. The lowest BCUT2D eigenvalue weighted by Crippen LogP contribution is -2.48. The van der Waals surface area contributed by atoms with E-state index in [9.17, 15) is 4.79 Å². The van der Waals surface area contributed by atoms with Gasteiger partial charge in [0.2, 0.25) is 5.91 Å². The van der Waals surface area contributed by atoms with Crippen LogP contribution in [0.5, 0.6) is 0 Å². The van der Waals surface area contributed by atoms with Gasteiger partial charge in [-0.3, -0.25) is 4.79 Å². The third-order valence-electron chi connectivity index (χ3n) is 3.41. The molecule has 0 spiro atoms. The van der Waals surface area contributed by atoms with E-state index in [-0.39, 0.29) is 12.3 Å². The van der Waals surface area contributed by atoms with Gasteiger partial charge in [0.25, 0.3) is 5.89 Å². The number of carbonyl (C=O) groups is 1. The number of nitrogens with zero attached hydrogens (tertiary/aromatic N) is 1. The minimum Gasteiger partial charge on any atom is -0.459 e. The molecule has 6 heteroatoms. The van der Waals surface area contributed by atoms with Crippen molar-refractivity contribution in [2.24, 2.45) is 5.92 Å². The Morgan fingerprint density at radius 2 is 2.40 bits per heavy atom. The fourth-order valence-electron chi connectivity index (χ4n) is 2.06. The molecule has 1 amide bonds. The summed E-state index contributed by atoms with van der Waals surface area (Å²) in [5.41, 5.74) is 0.653. The molecule has 0 atom stereocenters. The Balaban J connectivity index is 1.60. The van der Waals surface area contributed by atoms with Gasteiger partial charge in [-0.1, -0.05) is 0 Å². The number of rotatable bonds is 5. The van der Waals surface area contributed by atoms with Crippen molar-refractivity contribution in [1.29, 1.82) is 0 Å². The van der Waals surface area contributed by atoms with Gasteiger partial charge in [-0.05, 0) is 19.1 Å². The molecule has 6 nitrogen and oxygen atoms in total. The van der Waals surface area contributed by atoms with Crippen molar-refractivity contribution in [2.45, 2.75) is 13.3 Å². The molecule has 0 saturated carbocycles. The van der Waals surface area contributed by atoms with Crippen LogP contribution in [0, 0.1) is 12.8 Å². The van der Waals surface area contributed by atoms with Gasteiger partial charge in [-0.15, -0.1) is 0 Å². The van der Waals surface area contributed by atoms with Gasteiger partial charge in [0.05, 0.1) is 18.4 Å². The van der Waals surface area contributed by atoms with E-state index in [4.69, 9.17) is 8.83 Å². The maximum absolute atomic E-state index is 11.9. The molecule has 3 rings (SSSR count). The topological polar surface area (TPSA) is 80.3 Å². The first-order valence-electron chi connectivity index (χ1n) is 6.70. The van der Waals surface area contributed by atoms with Crippen LogP contribution in [-0.2, 0) is 11.2 Å². The predicted molar refractivity (Wildman–Crippen MR) is 72.0 cm³/mol. The number of aromatic nitrogens is 1. The third kappa shape index (κ3) is 2.75. The van der Waals surface area contributed by atoms with E-state index in [1.165, 1.54) is 0 Å². The van der Waals surface area contributed by atoms with Crippen molar-refractivity contribution in [3.05, 3.63) is 29.9 Å². The zero-order valence-corrected chi connectivity index (χ0v) is 11.3. The summed E-state index contributed by atoms with van der Waals surface area (Å²) in [5.74, 6) is 2.16. The molecule has 0 aliphatic carbocycles. The molecule has 0 unspecified atom stereocenters. The molecule has 1 aliphatic heterocycles. The summed E-state index contributed by atoms with van der Waals surface area (Å²) >= 11 is 0. The molecule has 1 saturated heterocycles. The average Bonchev–Trinajstić information content (AvgIpc) is 2.98. The van der Waals surface area contributed by atoms with Gasteiger partial charge in [0, 0.05) is 25.6 Å². The van der Waals surface area contributed by atoms with E-state index in [1.54, 1.807) is 25.3 Å². The molecule has 0 bridgehead atoms. The molecular weight excluding hydrogens is 258 g/mol. The van der Waals surface area contributed by atoms with Crippen LogP contribution in [0.25, 0.3) is 11.7 Å². The third-order valence-corrected chi connectivity index (χ3v) is 3.41. The molecule has 1 aliphatic rings. The van der Waals surface area contributed by atoms with Crippen molar-refractivity contribution < 1.29 is 13.6 Å². The van der Waals surface area contributed by atoms with Crippen molar-refractivity contribution in [1.82, 2.24) is 15.6 Å². The van der Waals surface area contributed by atoms with E-state index < -0.39 is 0 Å². The minimum atomic E-state index is -0.0284. The highest BCUT2D eigenvalue weighted by atomic mass is 16.4. The number of hydrogen-bond acceptors (Lipinski definition) is 5. The first-order chi connectivity index (χ1) is 9.72. The Morgan fingerprint density at radius 3 is 3.05 bits per heavy atom. The highest BCUT2D eigenvalue weighted by molar-refractivity contribution is 5.78. The lowest BCUT2D eigenvalue weighted by Gasteiger charge is -2.26. The zero-order valence-electron chi connectivity index (χ0n) is 11.3. The van der Waals surface area contributed by atoms with Crippen LogP contribution in [0.1, 0.15) is 11.5 Å². The first kappa shape index (κ1) is 12.9. The maximum atomic E-state index is 11.9. The minimum absolute atomic E-state index is 0.0284. The van der Waals surface area contributed by atoms with Crippen LogP contribution in [0.15, 0.2) is 27.2 Å². The maximum Gasteiger partial charge on any atom is 0.263 e. The van der Waals surface area contributed by atoms with E-state index in [0.717, 1.165) is 13.1 Å². The van der Waals surface area contributed by atoms with E-state index in [0.29, 0.717) is 35.6 Å². The number of carbonyl (C=O) groups excluding carboxylic acids is 1. The first-order valence-corrected chi connectivity index (χ1v) is 6.70. The Morgan fingerprint density at radius 1 is 1.55 bits per heavy atom. The quantitative estimate of drug-likeness (QED) is 0.854. The van der Waals surface area contributed by atoms with Gasteiger partial charge in [0.15, 0.2) is 5.76 Å². The molecule has 106 valence electrons. The SMILES string of the molecule is Cc1oc(-c2ccco2)nc1CC(=O)NCC1CNC1. The Kier molecular flexibility index (Phi) is 3.56. The van der Waals surface area contributed by atoms with Crippen molar-refractivity contribution in [3.63, 3.8) is 0 Å². The summed E-state index contributed by atoms with van der Waals surface area (Å²) in [6.45, 7) is 4.48. The Hall–Kier alpha value is -2.08. The van der Waals surface area contributed by atoms with E-state index in [1.807, 2.05) is 0 Å². The number of hydrogen-bond donors (Lipinski definition) is 2. The van der Waals surface area contributed by atoms with Crippen molar-refractivity contribution in [2.75, 3.05) is 19.6 Å². The second kappa shape index (κ2) is 5.50. The summed E-state index contributed by atoms with van der Waals surface area (Å²) in [7, 11) is 0. The summed E-state index contributed by atoms with van der Waals surface area (Å²) in [4.78, 5) is 16.2. The van der Waals surface area contributed by atoms with Gasteiger partial charge in [-0.2, -0.15) is 0 Å². The van der Waals surface area contributed by atoms with E-state index in [2.05, 4.69) is 15.6 Å². The second-order valence-corrected chi connectivity index (χ2v) is 5.00. The predicted octanol–water partition coefficient (Wildman–Crippen LogP) is 1.12. The number of amides is 1. The van der Waals surface area contributed by atoms with Gasteiger partial charge in [0.1, 0.15) is 5.76 Å². The summed E-state index contributed by atoms with van der Waals surface area (Å²) in [6, 6.07) is 3.55. The highest BCUT2D eigenvalue weighted by Crippen LogP contribution is 2.22. The fraction of sp³-hybridized carbons (Fsp3) is 0.429. The van der Waals surface area contributed by atoms with Gasteiger partial charge >= 0.3 is 0 Å². The molecule has 2 N–H and O–H groups in total. The second-order valence-electron chi connectivity index (χ2n) is 5.00. The van der Waals surface area contributed by atoms with Gasteiger partial charge in [-0.25, -0.2) is 4.98 Å². The zero-order chi connectivity index (χ0) is 13.9. The largest absolute Gasteiger partial charge is 0.459 e. The Bertz CT molecular complexity index is 585. The van der Waals surface area contributed by atoms with Crippen LogP contribution in [-0.4, -0.2) is 30.5 Å². The van der Waals surface area contributed by atoms with Crippen molar-refractivity contribution >= 4 is 5.91 Å². The summed E-state index contributed by atoms with van der Waals surface area (Å²) in [5, 5.41) is 6.09. The normalized spacial score (nSPS) is 15.1. The number of aryl methyl sites for hydroxylation is 1. The summed E-state index contributed by atoms with van der Waals surface area (Å²) < 4.78 is 10.8. The standard InChI is InChI=1S/C14H17N3O3/c1-9-11(5-13(18)16-8-10-6-15-7-10)17-14(20-9)12-3-2-4-19-12/h2-4,10,15H,5-8H2,1H3,(H,16,18). The Labute approximate surface area is 116 Å². The van der Waals surface area contributed by atoms with E-state index >= 15 is 0 Å². The average molecular weight is 275 g/mol. The van der Waals surface area contributed by atoms with Crippen LogP contribution in [0.3, 0.4) is 0 Å². The molecule has 20 heavy (non-hydrogen) atoms. The van der Waals surface area contributed by atoms with Gasteiger partial charge < -0.3 is 19.5 Å². The fourth-order valence-corrected chi connectivity index (χ4v) is 2.06. The highest BCUT2D eigenvalue weighted by Gasteiger charge is 2.19. The van der Waals surface area contributed by atoms with Crippen LogP contribution in [0.2, 0.25) is 0 Å². The summed E-state index contributed by atoms with van der Waals surface area (Å²) in [6.07, 6.45) is 1.80. The molecular formula is C14H17N3O3. The monoisotopic (exact) mass is 275 g/mol.